The summed E-state index contributed by atoms with van der Waals surface area (Å²) in [4.78, 5) is 39.7. The van der Waals surface area contributed by atoms with Gasteiger partial charge in [0.2, 0.25) is 11.8 Å². The van der Waals surface area contributed by atoms with E-state index in [1.54, 1.807) is 48.5 Å². The van der Waals surface area contributed by atoms with Crippen molar-refractivity contribution in [3.63, 3.8) is 0 Å². The van der Waals surface area contributed by atoms with Crippen molar-refractivity contribution in [3.05, 3.63) is 71.3 Å². The number of amides is 3. The number of hydrogen-bond acceptors (Lipinski definition) is 3. The molecule has 0 aromatic heterocycles. The fourth-order valence-electron chi connectivity index (χ4n) is 3.95. The molecule has 5 nitrogen and oxygen atoms in total. The van der Waals surface area contributed by atoms with Gasteiger partial charge in [0, 0.05) is 5.56 Å². The Balaban J connectivity index is 1.61. The molecular formula is C22H19ClN2O3. The van der Waals surface area contributed by atoms with Crippen LogP contribution in [0.5, 0.6) is 0 Å². The van der Waals surface area contributed by atoms with Gasteiger partial charge in [-0.25, -0.2) is 0 Å². The summed E-state index contributed by atoms with van der Waals surface area (Å²) in [6.07, 6.45) is 4.53. The zero-order valence-electron chi connectivity index (χ0n) is 15.3. The number of carbonyl (C=O) groups is 3. The maximum Gasteiger partial charge on any atom is 0.255 e. The minimum Gasteiger partial charge on any atom is -0.321 e. The van der Waals surface area contributed by atoms with Crippen LogP contribution in [0.25, 0.3) is 0 Å². The van der Waals surface area contributed by atoms with Crippen molar-refractivity contribution in [2.24, 2.45) is 17.8 Å². The van der Waals surface area contributed by atoms with Crippen LogP contribution in [0.4, 0.5) is 11.4 Å². The molecule has 1 aliphatic heterocycles. The van der Waals surface area contributed by atoms with Gasteiger partial charge in [-0.3, -0.25) is 19.3 Å². The molecule has 0 saturated carbocycles. The molecule has 142 valence electrons. The monoisotopic (exact) mass is 394 g/mol. The van der Waals surface area contributed by atoms with E-state index >= 15 is 0 Å². The van der Waals surface area contributed by atoms with Crippen LogP contribution in [-0.2, 0) is 9.59 Å². The van der Waals surface area contributed by atoms with Gasteiger partial charge in [0.25, 0.3) is 5.91 Å². The molecule has 2 aromatic carbocycles. The number of allylic oxidation sites excluding steroid dienone is 2. The quantitative estimate of drug-likeness (QED) is 0.623. The van der Waals surface area contributed by atoms with Crippen molar-refractivity contribution in [2.75, 3.05) is 10.2 Å². The number of rotatable bonds is 3. The number of hydrogen-bond donors (Lipinski definition) is 1. The van der Waals surface area contributed by atoms with E-state index in [1.165, 1.54) is 4.90 Å². The van der Waals surface area contributed by atoms with Crippen molar-refractivity contribution in [1.29, 1.82) is 0 Å². The van der Waals surface area contributed by atoms with Gasteiger partial charge in [-0.1, -0.05) is 48.9 Å². The molecule has 1 N–H and O–H groups in total. The van der Waals surface area contributed by atoms with E-state index < -0.39 is 0 Å². The first-order valence-corrected chi connectivity index (χ1v) is 9.55. The zero-order chi connectivity index (χ0) is 19.8. The Bertz CT molecular complexity index is 1000. The lowest BCUT2D eigenvalue weighted by Crippen LogP contribution is -2.31. The van der Waals surface area contributed by atoms with Crippen molar-refractivity contribution in [1.82, 2.24) is 0 Å². The molecule has 1 heterocycles. The van der Waals surface area contributed by atoms with Gasteiger partial charge in [0.15, 0.2) is 0 Å². The van der Waals surface area contributed by atoms with Crippen molar-refractivity contribution in [2.45, 2.75) is 13.3 Å². The van der Waals surface area contributed by atoms with E-state index in [4.69, 9.17) is 11.6 Å². The van der Waals surface area contributed by atoms with Crippen LogP contribution in [0.1, 0.15) is 23.7 Å². The predicted octanol–water partition coefficient (Wildman–Crippen LogP) is 4.29. The summed E-state index contributed by atoms with van der Waals surface area (Å²) in [5, 5.41) is 3.19. The molecule has 6 heteroatoms. The molecule has 0 bridgehead atoms. The fraction of sp³-hybridized carbons (Fsp3) is 0.227. The van der Waals surface area contributed by atoms with Crippen LogP contribution in [0.2, 0.25) is 5.02 Å². The molecule has 3 atom stereocenters. The Morgan fingerprint density at radius 2 is 1.89 bits per heavy atom. The lowest BCUT2D eigenvalue weighted by atomic mass is 9.78. The molecule has 1 fully saturated rings. The largest absolute Gasteiger partial charge is 0.321 e. The number of para-hydroxylation sites is 1. The van der Waals surface area contributed by atoms with E-state index in [-0.39, 0.29) is 35.5 Å². The summed E-state index contributed by atoms with van der Waals surface area (Å²) in [5.74, 6) is -1.40. The standard InChI is InChI=1S/C22H19ClN2O3/c1-13-6-4-9-16-19(13)22(28)25(21(16)27)15-8-5-7-14(12-15)20(26)24-18-11-3-2-10-17(18)23/h2-8,10-13,16,19H,9H2,1H3,(H,24,26). The topological polar surface area (TPSA) is 66.5 Å². The Morgan fingerprint density at radius 1 is 1.11 bits per heavy atom. The van der Waals surface area contributed by atoms with Crippen molar-refractivity contribution >= 4 is 40.7 Å². The van der Waals surface area contributed by atoms with Crippen LogP contribution in [0.3, 0.4) is 0 Å². The summed E-state index contributed by atoms with van der Waals surface area (Å²) >= 11 is 6.09. The average Bonchev–Trinajstić information content (AvgIpc) is 2.95. The molecular weight excluding hydrogens is 376 g/mol. The highest BCUT2D eigenvalue weighted by Crippen LogP contribution is 2.40. The summed E-state index contributed by atoms with van der Waals surface area (Å²) in [6.45, 7) is 1.95. The van der Waals surface area contributed by atoms with Gasteiger partial charge in [-0.05, 0) is 42.7 Å². The lowest BCUT2D eigenvalue weighted by molar-refractivity contribution is -0.122. The normalized spacial score (nSPS) is 23.6. The first kappa shape index (κ1) is 18.4. The first-order chi connectivity index (χ1) is 13.5. The zero-order valence-corrected chi connectivity index (χ0v) is 16.0. The Labute approximate surface area is 168 Å². The van der Waals surface area contributed by atoms with Crippen molar-refractivity contribution < 1.29 is 14.4 Å². The summed E-state index contributed by atoms with van der Waals surface area (Å²) < 4.78 is 0. The molecule has 2 aliphatic rings. The minimum atomic E-state index is -0.360. The summed E-state index contributed by atoms with van der Waals surface area (Å²) in [5.41, 5.74) is 1.27. The van der Waals surface area contributed by atoms with E-state index in [0.29, 0.717) is 28.4 Å². The smallest absolute Gasteiger partial charge is 0.255 e. The SMILES string of the molecule is CC1C=CCC2C(=O)N(c3cccc(C(=O)Nc4ccccc4Cl)c3)C(=O)C12. The van der Waals surface area contributed by atoms with Gasteiger partial charge in [-0.15, -0.1) is 0 Å². The van der Waals surface area contributed by atoms with Gasteiger partial charge in [-0.2, -0.15) is 0 Å². The Morgan fingerprint density at radius 3 is 2.64 bits per heavy atom. The highest BCUT2D eigenvalue weighted by atomic mass is 35.5. The molecule has 4 rings (SSSR count). The number of benzene rings is 2. The molecule has 2 aromatic rings. The third-order valence-corrected chi connectivity index (χ3v) is 5.69. The third kappa shape index (κ3) is 3.12. The van der Waals surface area contributed by atoms with E-state index in [0.717, 1.165) is 0 Å². The second kappa shape index (κ2) is 7.24. The summed E-state index contributed by atoms with van der Waals surface area (Å²) in [6, 6.07) is 13.5. The number of fused-ring (bicyclic) bond motifs is 1. The van der Waals surface area contributed by atoms with Crippen LogP contribution < -0.4 is 10.2 Å². The summed E-state index contributed by atoms with van der Waals surface area (Å²) in [7, 11) is 0. The molecule has 1 saturated heterocycles. The molecule has 0 radical (unpaired) electrons. The van der Waals surface area contributed by atoms with Crippen LogP contribution in [0, 0.1) is 17.8 Å². The third-order valence-electron chi connectivity index (χ3n) is 5.36. The predicted molar refractivity (Wildman–Crippen MR) is 108 cm³/mol. The average molecular weight is 395 g/mol. The van der Waals surface area contributed by atoms with Crippen LogP contribution >= 0.6 is 11.6 Å². The number of carbonyl (C=O) groups excluding carboxylic acids is 3. The highest BCUT2D eigenvalue weighted by molar-refractivity contribution is 6.34. The number of imide groups is 1. The lowest BCUT2D eigenvalue weighted by Gasteiger charge is -2.22. The van der Waals surface area contributed by atoms with Gasteiger partial charge >= 0.3 is 0 Å². The first-order valence-electron chi connectivity index (χ1n) is 9.18. The van der Waals surface area contributed by atoms with E-state index in [2.05, 4.69) is 5.32 Å². The Kier molecular flexibility index (Phi) is 4.77. The molecule has 1 aliphatic carbocycles. The van der Waals surface area contributed by atoms with Crippen molar-refractivity contribution in [3.8, 4) is 0 Å². The number of nitrogens with zero attached hydrogens (tertiary/aromatic N) is 1. The number of halogens is 1. The molecule has 3 amide bonds. The van der Waals surface area contributed by atoms with Gasteiger partial charge in [0.05, 0.1) is 28.2 Å². The van der Waals surface area contributed by atoms with Crippen LogP contribution in [-0.4, -0.2) is 17.7 Å². The van der Waals surface area contributed by atoms with E-state index in [1.807, 2.05) is 19.1 Å². The second-order valence-corrected chi connectivity index (χ2v) is 7.56. The highest BCUT2D eigenvalue weighted by Gasteiger charge is 2.50. The fourth-order valence-corrected chi connectivity index (χ4v) is 4.13. The minimum absolute atomic E-state index is 0.0203. The molecule has 0 spiro atoms. The van der Waals surface area contributed by atoms with Gasteiger partial charge < -0.3 is 5.32 Å². The second-order valence-electron chi connectivity index (χ2n) is 7.15. The Hall–Kier alpha value is -2.92. The number of anilines is 2. The maximum absolute atomic E-state index is 12.9. The molecule has 28 heavy (non-hydrogen) atoms. The van der Waals surface area contributed by atoms with Gasteiger partial charge in [0.1, 0.15) is 0 Å². The van der Waals surface area contributed by atoms with E-state index in [9.17, 15) is 14.4 Å². The molecule has 3 unspecified atom stereocenters. The number of nitrogens with one attached hydrogen (secondary N) is 1. The maximum atomic E-state index is 12.9. The van der Waals surface area contributed by atoms with Crippen LogP contribution in [0.15, 0.2) is 60.7 Å².